The number of imidazole rings is 1. The number of aromatic nitrogens is 4. The minimum absolute atomic E-state index is 0.277. The maximum atomic E-state index is 13.5. The first-order chi connectivity index (χ1) is 13.7. The van der Waals surface area contributed by atoms with E-state index in [0.29, 0.717) is 17.1 Å². The van der Waals surface area contributed by atoms with E-state index in [1.165, 1.54) is 17.7 Å². The van der Waals surface area contributed by atoms with Crippen LogP contribution in [0.2, 0.25) is 0 Å². The lowest BCUT2D eigenvalue weighted by molar-refractivity contribution is 0.628. The van der Waals surface area contributed by atoms with Crippen LogP contribution in [0.4, 0.5) is 4.39 Å². The second-order valence-electron chi connectivity index (χ2n) is 6.66. The standard InChI is InChI=1S/C23H17FN4/c1-2-15-7-13-18(14-8-15)28-22(16-9-11-17(24)12-10-16)27-21-23(28)26-20-6-4-3-5-19(20)25-21/h3-14H,2H2,1H3. The molecule has 0 aliphatic rings. The van der Waals surface area contributed by atoms with Crippen molar-refractivity contribution in [2.24, 2.45) is 0 Å². The first kappa shape index (κ1) is 16.6. The highest BCUT2D eigenvalue weighted by Crippen LogP contribution is 2.28. The molecule has 28 heavy (non-hydrogen) atoms. The van der Waals surface area contributed by atoms with E-state index >= 15 is 0 Å². The highest BCUT2D eigenvalue weighted by Gasteiger charge is 2.17. The van der Waals surface area contributed by atoms with E-state index in [-0.39, 0.29) is 5.82 Å². The zero-order chi connectivity index (χ0) is 19.1. The highest BCUT2D eigenvalue weighted by atomic mass is 19.1. The van der Waals surface area contributed by atoms with Crippen LogP contribution in [0.15, 0.2) is 72.8 Å². The predicted molar refractivity (Wildman–Crippen MR) is 109 cm³/mol. The molecule has 0 N–H and O–H groups in total. The van der Waals surface area contributed by atoms with Crippen LogP contribution in [0.25, 0.3) is 39.4 Å². The van der Waals surface area contributed by atoms with Gasteiger partial charge in [-0.2, -0.15) is 0 Å². The van der Waals surface area contributed by atoms with Crippen LogP contribution in [-0.4, -0.2) is 19.5 Å². The molecule has 0 radical (unpaired) electrons. The number of nitrogens with zero attached hydrogens (tertiary/aromatic N) is 4. The molecule has 0 saturated heterocycles. The van der Waals surface area contributed by atoms with Crippen molar-refractivity contribution in [2.45, 2.75) is 13.3 Å². The van der Waals surface area contributed by atoms with Crippen molar-refractivity contribution in [3.8, 4) is 17.1 Å². The Morgan fingerprint density at radius 1 is 0.786 bits per heavy atom. The number of hydrogen-bond donors (Lipinski definition) is 0. The van der Waals surface area contributed by atoms with Gasteiger partial charge >= 0.3 is 0 Å². The van der Waals surface area contributed by atoms with Crippen LogP contribution in [0.1, 0.15) is 12.5 Å². The third-order valence-corrected chi connectivity index (χ3v) is 4.88. The summed E-state index contributed by atoms with van der Waals surface area (Å²) >= 11 is 0. The molecule has 3 aromatic carbocycles. The molecule has 5 aromatic rings. The van der Waals surface area contributed by atoms with Crippen molar-refractivity contribution in [2.75, 3.05) is 0 Å². The zero-order valence-electron chi connectivity index (χ0n) is 15.3. The normalized spacial score (nSPS) is 11.4. The molecule has 0 aliphatic carbocycles. The molecule has 0 atom stereocenters. The molecule has 5 rings (SSSR count). The van der Waals surface area contributed by atoms with Crippen LogP contribution >= 0.6 is 0 Å². The molecule has 0 aliphatic heterocycles. The highest BCUT2D eigenvalue weighted by molar-refractivity contribution is 5.86. The summed E-state index contributed by atoms with van der Waals surface area (Å²) in [6.45, 7) is 2.13. The van der Waals surface area contributed by atoms with Gasteiger partial charge in [0, 0.05) is 11.3 Å². The molecule has 0 unspecified atom stereocenters. The number of benzene rings is 3. The molecule has 4 nitrogen and oxygen atoms in total. The number of aryl methyl sites for hydroxylation is 1. The molecule has 5 heteroatoms. The van der Waals surface area contributed by atoms with Crippen molar-refractivity contribution in [3.63, 3.8) is 0 Å². The van der Waals surface area contributed by atoms with Gasteiger partial charge in [0.25, 0.3) is 0 Å². The van der Waals surface area contributed by atoms with E-state index in [1.54, 1.807) is 12.1 Å². The molecule has 0 fully saturated rings. The Morgan fingerprint density at radius 3 is 2.14 bits per heavy atom. The van der Waals surface area contributed by atoms with E-state index in [0.717, 1.165) is 28.7 Å². The minimum atomic E-state index is -0.277. The summed E-state index contributed by atoms with van der Waals surface area (Å²) in [6, 6.07) is 22.4. The van der Waals surface area contributed by atoms with E-state index in [9.17, 15) is 4.39 Å². The van der Waals surface area contributed by atoms with Gasteiger partial charge in [-0.05, 0) is 60.5 Å². The number of rotatable bonds is 3. The van der Waals surface area contributed by atoms with Crippen molar-refractivity contribution >= 4 is 22.3 Å². The summed E-state index contributed by atoms with van der Waals surface area (Å²) in [5.41, 5.74) is 5.87. The Labute approximate surface area is 161 Å². The molecular formula is C23H17FN4. The van der Waals surface area contributed by atoms with Crippen molar-refractivity contribution in [1.82, 2.24) is 19.5 Å². The lowest BCUT2D eigenvalue weighted by Crippen LogP contribution is -1.99. The SMILES string of the molecule is CCc1ccc(-n2c(-c3ccc(F)cc3)nc3nc4ccccc4nc32)cc1. The Bertz CT molecular complexity index is 1290. The van der Waals surface area contributed by atoms with Gasteiger partial charge in [0.2, 0.25) is 0 Å². The largest absolute Gasteiger partial charge is 0.275 e. The summed E-state index contributed by atoms with van der Waals surface area (Å²) in [7, 11) is 0. The van der Waals surface area contributed by atoms with Gasteiger partial charge < -0.3 is 0 Å². The van der Waals surface area contributed by atoms with E-state index in [4.69, 9.17) is 15.0 Å². The van der Waals surface area contributed by atoms with Crippen LogP contribution in [-0.2, 0) is 6.42 Å². The Hall–Kier alpha value is -3.60. The lowest BCUT2D eigenvalue weighted by Gasteiger charge is -2.10. The van der Waals surface area contributed by atoms with E-state index < -0.39 is 0 Å². The van der Waals surface area contributed by atoms with Gasteiger partial charge in [-0.15, -0.1) is 0 Å². The Kier molecular flexibility index (Phi) is 3.86. The minimum Gasteiger partial charge on any atom is -0.275 e. The van der Waals surface area contributed by atoms with Crippen molar-refractivity contribution < 1.29 is 4.39 Å². The Morgan fingerprint density at radius 2 is 1.46 bits per heavy atom. The fourth-order valence-electron chi connectivity index (χ4n) is 3.37. The predicted octanol–water partition coefficient (Wildman–Crippen LogP) is 5.34. The number of hydrogen-bond acceptors (Lipinski definition) is 3. The molecule has 0 amide bonds. The average Bonchev–Trinajstić information content (AvgIpc) is 3.11. The maximum absolute atomic E-state index is 13.5. The summed E-state index contributed by atoms with van der Waals surface area (Å²) in [5.74, 6) is 0.412. The van der Waals surface area contributed by atoms with Crippen LogP contribution in [0, 0.1) is 5.82 Å². The van der Waals surface area contributed by atoms with Gasteiger partial charge in [-0.3, -0.25) is 4.57 Å². The lowest BCUT2D eigenvalue weighted by atomic mass is 10.1. The van der Waals surface area contributed by atoms with Gasteiger partial charge in [-0.25, -0.2) is 19.3 Å². The van der Waals surface area contributed by atoms with Crippen LogP contribution in [0.5, 0.6) is 0 Å². The molecule has 0 bridgehead atoms. The Balaban J connectivity index is 1.83. The third-order valence-electron chi connectivity index (χ3n) is 4.88. The van der Waals surface area contributed by atoms with Crippen molar-refractivity contribution in [1.29, 1.82) is 0 Å². The first-order valence-electron chi connectivity index (χ1n) is 9.23. The second-order valence-corrected chi connectivity index (χ2v) is 6.66. The van der Waals surface area contributed by atoms with Crippen molar-refractivity contribution in [3.05, 3.63) is 84.2 Å². The molecular weight excluding hydrogens is 351 g/mol. The smallest absolute Gasteiger partial charge is 0.199 e. The maximum Gasteiger partial charge on any atom is 0.199 e. The molecule has 0 saturated carbocycles. The molecule has 0 spiro atoms. The second kappa shape index (κ2) is 6.53. The monoisotopic (exact) mass is 368 g/mol. The number of halogens is 1. The van der Waals surface area contributed by atoms with E-state index in [1.807, 2.05) is 28.8 Å². The first-order valence-corrected chi connectivity index (χ1v) is 9.23. The van der Waals surface area contributed by atoms with Gasteiger partial charge in [0.1, 0.15) is 11.6 Å². The third kappa shape index (κ3) is 2.72. The number of fused-ring (bicyclic) bond motifs is 2. The number of para-hydroxylation sites is 2. The quantitative estimate of drug-likeness (QED) is 0.432. The zero-order valence-corrected chi connectivity index (χ0v) is 15.3. The van der Waals surface area contributed by atoms with Gasteiger partial charge in [-0.1, -0.05) is 31.2 Å². The fraction of sp³-hybridized carbons (Fsp3) is 0.0870. The van der Waals surface area contributed by atoms with E-state index in [2.05, 4.69) is 31.2 Å². The average molecular weight is 368 g/mol. The van der Waals surface area contributed by atoms with Crippen LogP contribution in [0.3, 0.4) is 0 Å². The summed E-state index contributed by atoms with van der Waals surface area (Å²) in [4.78, 5) is 14.3. The van der Waals surface area contributed by atoms with Gasteiger partial charge in [0.05, 0.1) is 11.0 Å². The summed E-state index contributed by atoms with van der Waals surface area (Å²) in [5, 5.41) is 0. The summed E-state index contributed by atoms with van der Waals surface area (Å²) < 4.78 is 15.4. The fourth-order valence-corrected chi connectivity index (χ4v) is 3.37. The molecule has 136 valence electrons. The molecule has 2 aromatic heterocycles. The van der Waals surface area contributed by atoms with Crippen LogP contribution < -0.4 is 0 Å². The topological polar surface area (TPSA) is 43.6 Å². The van der Waals surface area contributed by atoms with Gasteiger partial charge in [0.15, 0.2) is 11.3 Å². The molecule has 2 heterocycles. The summed E-state index contributed by atoms with van der Waals surface area (Å²) in [6.07, 6.45) is 0.972.